The van der Waals surface area contributed by atoms with E-state index in [4.69, 9.17) is 0 Å². The van der Waals surface area contributed by atoms with Gasteiger partial charge < -0.3 is 15.1 Å². The lowest BCUT2D eigenvalue weighted by Crippen LogP contribution is -2.16. The monoisotopic (exact) mass is 313 g/mol. The fraction of sp³-hybridized carbons (Fsp3) is 0.333. The smallest absolute Gasteiger partial charge is 0.0527 e. The molecule has 0 aromatic heterocycles. The van der Waals surface area contributed by atoms with E-state index in [1.54, 1.807) is 0 Å². The molecule has 0 unspecified atom stereocenters. The lowest BCUT2D eigenvalue weighted by Gasteiger charge is -2.25. The summed E-state index contributed by atoms with van der Waals surface area (Å²) < 4.78 is 0. The predicted octanol–water partition coefficient (Wildman–Crippen LogP) is 4.81. The number of hydrogen-bond acceptors (Lipinski definition) is 4. The van der Waals surface area contributed by atoms with Crippen LogP contribution in [0.3, 0.4) is 0 Å². The Bertz CT molecular complexity index is 627. The summed E-state index contributed by atoms with van der Waals surface area (Å²) in [5.74, 6) is 0. The highest BCUT2D eigenvalue weighted by atomic mass is 32.2. The maximum absolute atomic E-state index is 3.55. The molecule has 4 heteroatoms. The zero-order valence-corrected chi connectivity index (χ0v) is 14.5. The van der Waals surface area contributed by atoms with Crippen molar-refractivity contribution >= 4 is 34.5 Å². The average Bonchev–Trinajstić information content (AvgIpc) is 2.57. The first-order chi connectivity index (χ1) is 10.6. The molecule has 0 spiro atoms. The molecular weight excluding hydrogens is 290 g/mol. The number of benzene rings is 2. The van der Waals surface area contributed by atoms with E-state index in [1.807, 2.05) is 11.8 Å². The normalized spacial score (nSPS) is 12.2. The van der Waals surface area contributed by atoms with Crippen molar-refractivity contribution in [3.8, 4) is 0 Å². The topological polar surface area (TPSA) is 18.5 Å². The number of fused-ring (bicyclic) bond motifs is 2. The number of hydrogen-bond donors (Lipinski definition) is 1. The molecule has 3 rings (SSSR count). The van der Waals surface area contributed by atoms with Gasteiger partial charge in [0.05, 0.1) is 11.4 Å². The van der Waals surface area contributed by atoms with Crippen LogP contribution in [-0.2, 0) is 0 Å². The molecule has 0 saturated carbocycles. The molecule has 1 N–H and O–H groups in total. The third kappa shape index (κ3) is 2.75. The Morgan fingerprint density at radius 2 is 1.27 bits per heavy atom. The van der Waals surface area contributed by atoms with Crippen LogP contribution in [0.25, 0.3) is 0 Å². The summed E-state index contributed by atoms with van der Waals surface area (Å²) >= 11 is 1.85. The van der Waals surface area contributed by atoms with Crippen LogP contribution in [0.2, 0.25) is 0 Å². The third-order valence-corrected chi connectivity index (χ3v) is 5.37. The largest absolute Gasteiger partial charge is 0.375 e. The van der Waals surface area contributed by atoms with Crippen molar-refractivity contribution in [2.45, 2.75) is 23.6 Å². The number of nitrogens with one attached hydrogen (secondary N) is 1. The van der Waals surface area contributed by atoms with E-state index in [1.165, 1.54) is 32.5 Å². The van der Waals surface area contributed by atoms with Gasteiger partial charge in [-0.2, -0.15) is 0 Å². The Hall–Kier alpha value is -1.81. The van der Waals surface area contributed by atoms with Crippen molar-refractivity contribution in [2.75, 3.05) is 42.3 Å². The lowest BCUT2D eigenvalue weighted by atomic mass is 10.2. The molecule has 2 aromatic rings. The molecule has 1 aliphatic heterocycles. The van der Waals surface area contributed by atoms with Gasteiger partial charge in [-0.25, -0.2) is 0 Å². The van der Waals surface area contributed by atoms with Crippen molar-refractivity contribution in [3.05, 3.63) is 36.4 Å². The highest BCUT2D eigenvalue weighted by Crippen LogP contribution is 2.46. The van der Waals surface area contributed by atoms with Crippen LogP contribution in [0.1, 0.15) is 13.8 Å². The van der Waals surface area contributed by atoms with Crippen LogP contribution in [0, 0.1) is 0 Å². The third-order valence-electron chi connectivity index (χ3n) is 4.25. The first-order valence-corrected chi connectivity index (χ1v) is 8.59. The van der Waals surface area contributed by atoms with Gasteiger partial charge >= 0.3 is 0 Å². The van der Waals surface area contributed by atoms with Gasteiger partial charge in [-0.1, -0.05) is 11.8 Å². The van der Waals surface area contributed by atoms with Crippen LogP contribution in [0.5, 0.6) is 0 Å². The summed E-state index contributed by atoms with van der Waals surface area (Å²) in [6.07, 6.45) is 0. The van der Waals surface area contributed by atoms with Crippen molar-refractivity contribution in [2.24, 2.45) is 0 Å². The molecule has 0 amide bonds. The Kier molecular flexibility index (Phi) is 4.21. The lowest BCUT2D eigenvalue weighted by molar-refractivity contribution is 0.963. The highest BCUT2D eigenvalue weighted by Gasteiger charge is 2.17. The van der Waals surface area contributed by atoms with Crippen molar-refractivity contribution in [1.29, 1.82) is 0 Å². The second kappa shape index (κ2) is 6.13. The van der Waals surface area contributed by atoms with Crippen LogP contribution in [0.15, 0.2) is 46.2 Å². The Balaban J connectivity index is 1.93. The number of rotatable bonds is 4. The Morgan fingerprint density at radius 3 is 1.68 bits per heavy atom. The second-order valence-electron chi connectivity index (χ2n) is 5.62. The summed E-state index contributed by atoms with van der Waals surface area (Å²) in [6.45, 7) is 6.37. The summed E-state index contributed by atoms with van der Waals surface area (Å²) in [5, 5.41) is 3.55. The van der Waals surface area contributed by atoms with Crippen molar-refractivity contribution in [1.82, 2.24) is 0 Å². The molecular formula is C18H23N3S. The minimum atomic E-state index is 1.01. The van der Waals surface area contributed by atoms with E-state index in [0.717, 1.165) is 13.1 Å². The van der Waals surface area contributed by atoms with Gasteiger partial charge in [-0.3, -0.25) is 0 Å². The second-order valence-corrected chi connectivity index (χ2v) is 6.70. The fourth-order valence-corrected chi connectivity index (χ4v) is 3.56. The number of nitrogens with zero attached hydrogens (tertiary/aromatic N) is 2. The van der Waals surface area contributed by atoms with Gasteiger partial charge in [0.15, 0.2) is 0 Å². The van der Waals surface area contributed by atoms with Gasteiger partial charge in [-0.05, 0) is 50.2 Å². The fourth-order valence-electron chi connectivity index (χ4n) is 2.50. The van der Waals surface area contributed by atoms with Crippen LogP contribution in [0.4, 0.5) is 22.7 Å². The summed E-state index contributed by atoms with van der Waals surface area (Å²) in [6, 6.07) is 13.3. The van der Waals surface area contributed by atoms with E-state index in [0.29, 0.717) is 0 Å². The molecule has 2 aromatic carbocycles. The molecule has 0 aliphatic carbocycles. The molecule has 0 fully saturated rings. The van der Waals surface area contributed by atoms with E-state index >= 15 is 0 Å². The van der Waals surface area contributed by atoms with E-state index in [9.17, 15) is 0 Å². The molecule has 0 atom stereocenters. The zero-order chi connectivity index (χ0) is 15.7. The van der Waals surface area contributed by atoms with Gasteiger partial charge in [-0.15, -0.1) is 0 Å². The van der Waals surface area contributed by atoms with Gasteiger partial charge in [0, 0.05) is 48.4 Å². The minimum Gasteiger partial charge on any atom is -0.375 e. The predicted molar refractivity (Wildman–Crippen MR) is 98.2 cm³/mol. The summed E-state index contributed by atoms with van der Waals surface area (Å²) in [5.41, 5.74) is 4.92. The first kappa shape index (κ1) is 15.1. The van der Waals surface area contributed by atoms with E-state index < -0.39 is 0 Å². The summed E-state index contributed by atoms with van der Waals surface area (Å²) in [7, 11) is 4.26. The van der Waals surface area contributed by atoms with Crippen molar-refractivity contribution < 1.29 is 0 Å². The molecule has 0 radical (unpaired) electrons. The maximum atomic E-state index is 3.55. The highest BCUT2D eigenvalue weighted by molar-refractivity contribution is 7.99. The minimum absolute atomic E-state index is 1.01. The van der Waals surface area contributed by atoms with E-state index in [-0.39, 0.29) is 0 Å². The quantitative estimate of drug-likeness (QED) is 0.745. The van der Waals surface area contributed by atoms with Crippen LogP contribution < -0.4 is 15.1 Å². The first-order valence-electron chi connectivity index (χ1n) is 7.77. The van der Waals surface area contributed by atoms with Crippen molar-refractivity contribution in [3.63, 3.8) is 0 Å². The zero-order valence-electron chi connectivity index (χ0n) is 13.7. The van der Waals surface area contributed by atoms with E-state index in [2.05, 4.69) is 79.5 Å². The molecule has 1 heterocycles. The van der Waals surface area contributed by atoms with Gasteiger partial charge in [0.25, 0.3) is 0 Å². The van der Waals surface area contributed by atoms with Crippen LogP contribution in [-0.4, -0.2) is 27.2 Å². The maximum Gasteiger partial charge on any atom is 0.0527 e. The van der Waals surface area contributed by atoms with Gasteiger partial charge in [0.1, 0.15) is 0 Å². The molecule has 1 aliphatic rings. The Morgan fingerprint density at radius 1 is 0.818 bits per heavy atom. The number of anilines is 4. The molecule has 0 bridgehead atoms. The van der Waals surface area contributed by atoms with Gasteiger partial charge in [0.2, 0.25) is 0 Å². The van der Waals surface area contributed by atoms with Crippen LogP contribution >= 0.6 is 11.8 Å². The molecule has 116 valence electrons. The molecule has 0 saturated heterocycles. The standard InChI is InChI=1S/C18H23N3S/c1-5-20(3)13-7-9-15-17(11-13)22-18-12-14(21(4)6-2)8-10-16(18)19-15/h7-12,19H,5-6H2,1-4H3. The Labute approximate surface area is 137 Å². The molecule has 3 nitrogen and oxygen atoms in total. The summed E-state index contributed by atoms with van der Waals surface area (Å²) in [4.78, 5) is 7.11. The average molecular weight is 313 g/mol. The molecule has 22 heavy (non-hydrogen) atoms. The SMILES string of the molecule is CCN(C)c1ccc2c(c1)Sc1cc(N(C)CC)ccc1N2.